The summed E-state index contributed by atoms with van der Waals surface area (Å²) in [5, 5.41) is 12.1. The average Bonchev–Trinajstić information content (AvgIpc) is 2.69. The monoisotopic (exact) mass is 296 g/mol. The van der Waals surface area contributed by atoms with Crippen LogP contribution < -0.4 is 10.1 Å². The van der Waals surface area contributed by atoms with E-state index in [4.69, 9.17) is 21.4 Å². The average molecular weight is 297 g/mol. The van der Waals surface area contributed by atoms with E-state index < -0.39 is 11.8 Å². The number of nitrogens with one attached hydrogen (secondary N) is 1. The highest BCUT2D eigenvalue weighted by Crippen LogP contribution is 2.28. The van der Waals surface area contributed by atoms with Gasteiger partial charge >= 0.3 is 0 Å². The molecule has 7 heteroatoms. The van der Waals surface area contributed by atoms with Gasteiger partial charge in [-0.1, -0.05) is 11.6 Å². The molecule has 0 fully saturated rings. The number of imide groups is 1. The lowest BCUT2D eigenvalue weighted by atomic mass is 10.3. The minimum absolute atomic E-state index is 0.0245. The lowest BCUT2D eigenvalue weighted by molar-refractivity contribution is -0.137. The van der Waals surface area contributed by atoms with Crippen molar-refractivity contribution in [2.75, 3.05) is 25.6 Å². The van der Waals surface area contributed by atoms with Gasteiger partial charge in [-0.15, -0.1) is 0 Å². The molecule has 0 aliphatic carbocycles. The first-order valence-electron chi connectivity index (χ1n) is 5.85. The number of β-amino-alcohol motifs (C(OH)–C–C–N with tert-alkyl or cyclic N) is 1. The Balaban J connectivity index is 2.17. The van der Waals surface area contributed by atoms with Crippen LogP contribution in [-0.4, -0.2) is 42.1 Å². The van der Waals surface area contributed by atoms with Crippen molar-refractivity contribution in [2.45, 2.75) is 0 Å². The third-order valence-corrected chi connectivity index (χ3v) is 3.08. The number of hydrogen-bond acceptors (Lipinski definition) is 5. The molecule has 1 aromatic carbocycles. The number of aliphatic hydroxyl groups excluding tert-OH is 1. The molecule has 2 amide bonds. The maximum Gasteiger partial charge on any atom is 0.277 e. The molecule has 1 aliphatic heterocycles. The molecule has 0 saturated carbocycles. The van der Waals surface area contributed by atoms with E-state index in [1.165, 1.54) is 13.2 Å². The molecular weight excluding hydrogens is 284 g/mol. The lowest BCUT2D eigenvalue weighted by Gasteiger charge is -2.13. The number of nitrogens with zero attached hydrogens (tertiary/aromatic N) is 1. The molecule has 0 saturated heterocycles. The number of amides is 2. The van der Waals surface area contributed by atoms with E-state index in [1.807, 2.05) is 0 Å². The Morgan fingerprint density at radius 3 is 2.80 bits per heavy atom. The van der Waals surface area contributed by atoms with E-state index in [9.17, 15) is 9.59 Å². The van der Waals surface area contributed by atoms with Gasteiger partial charge in [-0.2, -0.15) is 0 Å². The van der Waals surface area contributed by atoms with Crippen LogP contribution in [0.25, 0.3) is 0 Å². The predicted octanol–water partition coefficient (Wildman–Crippen LogP) is 1.01. The van der Waals surface area contributed by atoms with Crippen molar-refractivity contribution < 1.29 is 19.4 Å². The maximum atomic E-state index is 11.9. The van der Waals surface area contributed by atoms with Crippen LogP contribution in [0.3, 0.4) is 0 Å². The van der Waals surface area contributed by atoms with E-state index >= 15 is 0 Å². The zero-order valence-corrected chi connectivity index (χ0v) is 11.5. The van der Waals surface area contributed by atoms with Gasteiger partial charge in [0, 0.05) is 17.8 Å². The minimum atomic E-state index is -0.474. The van der Waals surface area contributed by atoms with Gasteiger partial charge in [-0.3, -0.25) is 14.5 Å². The zero-order chi connectivity index (χ0) is 14.7. The van der Waals surface area contributed by atoms with Crippen molar-refractivity contribution in [3.8, 4) is 5.75 Å². The summed E-state index contributed by atoms with van der Waals surface area (Å²) in [5.74, 6) is -0.466. The quantitative estimate of drug-likeness (QED) is 0.793. The highest BCUT2D eigenvalue weighted by Gasteiger charge is 2.30. The van der Waals surface area contributed by atoms with Crippen LogP contribution in [0.4, 0.5) is 5.69 Å². The molecule has 106 valence electrons. The molecule has 1 aliphatic rings. The van der Waals surface area contributed by atoms with E-state index in [2.05, 4.69) is 5.32 Å². The van der Waals surface area contributed by atoms with Gasteiger partial charge in [0.15, 0.2) is 0 Å². The van der Waals surface area contributed by atoms with Crippen LogP contribution in [0.5, 0.6) is 5.75 Å². The molecule has 0 spiro atoms. The number of anilines is 1. The predicted molar refractivity (Wildman–Crippen MR) is 73.5 cm³/mol. The molecular formula is C13H13ClN2O4. The Kier molecular flexibility index (Phi) is 4.26. The normalized spacial score (nSPS) is 14.6. The molecule has 0 aromatic heterocycles. The first-order valence-corrected chi connectivity index (χ1v) is 6.23. The fraction of sp³-hybridized carbons (Fsp3) is 0.231. The molecule has 0 atom stereocenters. The molecule has 0 unspecified atom stereocenters. The second kappa shape index (κ2) is 5.94. The number of rotatable bonds is 5. The maximum absolute atomic E-state index is 11.9. The van der Waals surface area contributed by atoms with Crippen LogP contribution in [0.2, 0.25) is 5.02 Å². The topological polar surface area (TPSA) is 78.9 Å². The number of methoxy groups -OCH3 is 1. The summed E-state index contributed by atoms with van der Waals surface area (Å²) in [4.78, 5) is 24.5. The smallest absolute Gasteiger partial charge is 0.277 e. The van der Waals surface area contributed by atoms with Crippen molar-refractivity contribution in [1.29, 1.82) is 0 Å². The third kappa shape index (κ3) is 2.76. The lowest BCUT2D eigenvalue weighted by Crippen LogP contribution is -2.34. The molecule has 2 N–H and O–H groups in total. The van der Waals surface area contributed by atoms with Crippen LogP contribution in [0.1, 0.15) is 0 Å². The van der Waals surface area contributed by atoms with Crippen molar-refractivity contribution in [3.63, 3.8) is 0 Å². The molecule has 6 nitrogen and oxygen atoms in total. The fourth-order valence-electron chi connectivity index (χ4n) is 1.80. The van der Waals surface area contributed by atoms with Crippen LogP contribution in [0.15, 0.2) is 30.0 Å². The second-order valence-electron chi connectivity index (χ2n) is 4.05. The van der Waals surface area contributed by atoms with Crippen molar-refractivity contribution >= 4 is 29.1 Å². The number of aliphatic hydroxyl groups is 1. The van der Waals surface area contributed by atoms with Gasteiger partial charge < -0.3 is 15.2 Å². The van der Waals surface area contributed by atoms with Crippen molar-refractivity contribution in [2.24, 2.45) is 0 Å². The first kappa shape index (κ1) is 14.4. The number of halogens is 1. The zero-order valence-electron chi connectivity index (χ0n) is 10.7. The van der Waals surface area contributed by atoms with Gasteiger partial charge in [-0.05, 0) is 12.1 Å². The molecule has 0 radical (unpaired) electrons. The van der Waals surface area contributed by atoms with Gasteiger partial charge in [0.25, 0.3) is 11.8 Å². The number of benzene rings is 1. The summed E-state index contributed by atoms with van der Waals surface area (Å²) < 4.78 is 5.07. The SMILES string of the molecule is COc1cc(NC2=CC(=O)N(CCO)C2=O)ccc1Cl. The minimum Gasteiger partial charge on any atom is -0.495 e. The van der Waals surface area contributed by atoms with Gasteiger partial charge in [0.05, 0.1) is 25.3 Å². The van der Waals surface area contributed by atoms with Crippen LogP contribution in [0, 0.1) is 0 Å². The molecule has 1 aromatic rings. The largest absolute Gasteiger partial charge is 0.495 e. The molecule has 0 bridgehead atoms. The molecule has 1 heterocycles. The van der Waals surface area contributed by atoms with Crippen LogP contribution >= 0.6 is 11.6 Å². The van der Waals surface area contributed by atoms with Crippen LogP contribution in [-0.2, 0) is 9.59 Å². The second-order valence-corrected chi connectivity index (χ2v) is 4.46. The molecule has 20 heavy (non-hydrogen) atoms. The Morgan fingerprint density at radius 1 is 1.40 bits per heavy atom. The van der Waals surface area contributed by atoms with Crippen molar-refractivity contribution in [1.82, 2.24) is 4.90 Å². The highest BCUT2D eigenvalue weighted by atomic mass is 35.5. The van der Waals surface area contributed by atoms with Gasteiger partial charge in [0.2, 0.25) is 0 Å². The fourth-order valence-corrected chi connectivity index (χ4v) is 2.00. The summed E-state index contributed by atoms with van der Waals surface area (Å²) in [6.07, 6.45) is 1.19. The van der Waals surface area contributed by atoms with E-state index in [0.29, 0.717) is 16.5 Å². The van der Waals surface area contributed by atoms with E-state index in [1.54, 1.807) is 18.2 Å². The summed E-state index contributed by atoms with van der Waals surface area (Å²) in [6, 6.07) is 4.91. The van der Waals surface area contributed by atoms with Crippen molar-refractivity contribution in [3.05, 3.63) is 35.0 Å². The first-order chi connectivity index (χ1) is 9.56. The summed E-state index contributed by atoms with van der Waals surface area (Å²) in [7, 11) is 1.48. The Bertz CT molecular complexity index is 586. The number of ether oxygens (including phenoxy) is 1. The standard InChI is InChI=1S/C13H13ClN2O4/c1-20-11-6-8(2-3-9(11)14)15-10-7-12(18)16(4-5-17)13(10)19/h2-3,6-7,15,17H,4-5H2,1H3. The summed E-state index contributed by atoms with van der Waals surface area (Å²) in [5.41, 5.74) is 0.720. The third-order valence-electron chi connectivity index (χ3n) is 2.76. The highest BCUT2D eigenvalue weighted by molar-refractivity contribution is 6.32. The molecule has 2 rings (SSSR count). The van der Waals surface area contributed by atoms with Gasteiger partial charge in [-0.25, -0.2) is 0 Å². The summed E-state index contributed by atoms with van der Waals surface area (Å²) in [6.45, 7) is -0.295. The number of carbonyl (C=O) groups excluding carboxylic acids is 2. The Labute approximate surface area is 120 Å². The Hall–Kier alpha value is -2.05. The van der Waals surface area contributed by atoms with E-state index in [0.717, 1.165) is 4.90 Å². The number of hydrogen-bond donors (Lipinski definition) is 2. The number of carbonyl (C=O) groups is 2. The van der Waals surface area contributed by atoms with E-state index in [-0.39, 0.29) is 18.8 Å². The van der Waals surface area contributed by atoms with Gasteiger partial charge in [0.1, 0.15) is 11.4 Å². The Morgan fingerprint density at radius 2 is 2.15 bits per heavy atom. The summed E-state index contributed by atoms with van der Waals surface area (Å²) >= 11 is 5.90.